The molecule has 0 amide bonds. The van der Waals surface area contributed by atoms with Gasteiger partial charge in [-0.15, -0.1) is 22.7 Å². The molecule has 0 N–H and O–H groups in total. The fourth-order valence-corrected chi connectivity index (χ4v) is 27.3. The first-order valence-corrected chi connectivity index (χ1v) is 52.2. The molecule has 4 bridgehead atoms. The van der Waals surface area contributed by atoms with Crippen LogP contribution in [0.1, 0.15) is 44.1 Å². The van der Waals surface area contributed by atoms with Gasteiger partial charge in [0.25, 0.3) is 0 Å². The third kappa shape index (κ3) is 14.6. The Morgan fingerprint density at radius 3 is 0.856 bits per heavy atom. The zero-order valence-corrected chi connectivity index (χ0v) is 81.2. The Morgan fingerprint density at radius 2 is 0.432 bits per heavy atom. The van der Waals surface area contributed by atoms with E-state index >= 15 is 0 Å². The van der Waals surface area contributed by atoms with Crippen LogP contribution in [-0.2, 0) is 5.41 Å². The molecule has 0 saturated heterocycles. The standard InChI is InChI=1S/C49H39N3.2C43H25N3S/c1-2-10-34(11-3-1)38-16-8-18-42-41(38)17-9-19-44(42)47-50-46(35-20-22-37(23-21-35)49-28-31-24-32(29-49)26-33(25-31)30-49)51-48(52-47)45-27-36-12-4-5-13-39(36)40-14-6-7-15-43(40)45;1-3-14-28-26(12-1)24-36(32-18-7-5-16-30(28)32)42-44-41(35-21-11-23-39-40(35)34-20-9-10-22-38(34)47-39)45-43(46-42)37-25-27-13-2-4-15-29(27)31-17-6-8-19-33(31)37;1-3-12-30-26(10-1)20-21-28-24-29(22-23-32(28)30)41-44-42(36-17-9-19-39-40(36)35-16-7-8-18-38(35)47-39)46-43(45-41)37-25-27-11-2-4-13-31(27)33-14-5-6-15-34(33)37/h1-23,27,31-33H,24-26,28-30H2;2*1-25H. The van der Waals surface area contributed by atoms with Gasteiger partial charge in [-0.2, -0.15) is 0 Å². The summed E-state index contributed by atoms with van der Waals surface area (Å²) in [6.45, 7) is 0. The van der Waals surface area contributed by atoms with Crippen LogP contribution in [-0.4, -0.2) is 44.9 Å². The van der Waals surface area contributed by atoms with E-state index in [1.807, 2.05) is 11.3 Å². The van der Waals surface area contributed by atoms with E-state index in [0.29, 0.717) is 57.8 Å². The van der Waals surface area contributed by atoms with Crippen molar-refractivity contribution in [1.29, 1.82) is 0 Å². The summed E-state index contributed by atoms with van der Waals surface area (Å²) in [5.74, 6) is 8.87. The number of nitrogens with zero attached hydrogens (tertiary/aromatic N) is 9. The molecule has 146 heavy (non-hydrogen) atoms. The maximum atomic E-state index is 5.33. The van der Waals surface area contributed by atoms with Crippen LogP contribution in [0.5, 0.6) is 0 Å². The molecule has 4 fully saturated rings. The lowest BCUT2D eigenvalue weighted by molar-refractivity contribution is -0.00518. The SMILES string of the molecule is c1ccc(-c2cccc3c(-c4nc(-c5ccc(C67CC8CC(CC(C8)C6)C7)cc5)nc(-c5cc6ccccc6c6ccccc56)n4)cccc23)cc1.c1ccc2c(c1)cc(-c1nc(-c3cc4ccccc4c4ccccc34)nc(-c3cccc4sc5ccccc5c34)n1)c1ccccc12.c1ccc2c(c1)ccc1cc(-c3nc(-c4cc5ccccc5c5ccccc45)nc(-c4cccc5sc6ccccc6c45)n3)ccc12. The molecule has 0 radical (unpaired) electrons. The van der Waals surface area contributed by atoms with Gasteiger partial charge in [0.2, 0.25) is 0 Å². The van der Waals surface area contributed by atoms with Crippen molar-refractivity contribution in [3.8, 4) is 114 Å². The third-order valence-electron chi connectivity index (χ3n) is 31.3. The fraction of sp³-hybridized carbons (Fsp3) is 0.0741. The molecule has 0 aliphatic heterocycles. The minimum absolute atomic E-state index is 0.353. The maximum Gasteiger partial charge on any atom is 0.164 e. The quantitative estimate of drug-likeness (QED) is 0.117. The molecule has 4 aliphatic carbocycles. The second-order valence-electron chi connectivity index (χ2n) is 39.8. The minimum atomic E-state index is 0.353. The Labute approximate surface area is 849 Å². The highest BCUT2D eigenvalue weighted by atomic mass is 32.1. The number of hydrogen-bond acceptors (Lipinski definition) is 11. The van der Waals surface area contributed by atoms with Crippen LogP contribution < -0.4 is 0 Å². The van der Waals surface area contributed by atoms with E-state index in [4.69, 9.17) is 44.9 Å². The Morgan fingerprint density at radius 1 is 0.164 bits per heavy atom. The largest absolute Gasteiger partial charge is 0.208 e. The zero-order valence-electron chi connectivity index (χ0n) is 79.5. The Balaban J connectivity index is 0.000000104. The molecule has 9 nitrogen and oxygen atoms in total. The number of hydrogen-bond donors (Lipinski definition) is 0. The second kappa shape index (κ2) is 34.9. The Bertz CT molecular complexity index is 10100. The van der Waals surface area contributed by atoms with Gasteiger partial charge in [0.15, 0.2) is 52.4 Å². The molecule has 4 saturated carbocycles. The average Bonchev–Trinajstić information content (AvgIpc) is 0.808. The van der Waals surface area contributed by atoms with Crippen molar-refractivity contribution >= 4 is 182 Å². The van der Waals surface area contributed by atoms with Crippen molar-refractivity contribution in [2.45, 2.75) is 43.9 Å². The first kappa shape index (κ1) is 85.2. The fourth-order valence-electron chi connectivity index (χ4n) is 25.1. The number of aromatic nitrogens is 9. The first-order valence-electron chi connectivity index (χ1n) is 50.6. The lowest BCUT2D eigenvalue weighted by atomic mass is 9.48. The predicted octanol–water partition coefficient (Wildman–Crippen LogP) is 36.2. The molecular formula is C135H89N9S2. The zero-order chi connectivity index (χ0) is 96.0. The van der Waals surface area contributed by atoms with Crippen molar-refractivity contribution < 1.29 is 0 Å². The van der Waals surface area contributed by atoms with Gasteiger partial charge in [0.05, 0.1) is 0 Å². The summed E-state index contributed by atoms with van der Waals surface area (Å²) in [5, 5.41) is 30.8. The van der Waals surface area contributed by atoms with E-state index in [9.17, 15) is 0 Å². The lowest BCUT2D eigenvalue weighted by Crippen LogP contribution is -2.48. The summed E-state index contributed by atoms with van der Waals surface area (Å²) in [5.41, 5.74) is 13.3. The summed E-state index contributed by atoms with van der Waals surface area (Å²) in [6.07, 6.45) is 8.45. The molecule has 32 rings (SSSR count). The molecule has 23 aromatic carbocycles. The van der Waals surface area contributed by atoms with E-state index in [2.05, 4.69) is 449 Å². The van der Waals surface area contributed by atoms with Crippen LogP contribution in [0.3, 0.4) is 0 Å². The summed E-state index contributed by atoms with van der Waals surface area (Å²) >= 11 is 3.61. The van der Waals surface area contributed by atoms with Gasteiger partial charge in [-0.3, -0.25) is 0 Å². The molecule has 5 aromatic heterocycles. The van der Waals surface area contributed by atoms with Crippen molar-refractivity contribution in [3.05, 3.63) is 454 Å². The van der Waals surface area contributed by atoms with Crippen LogP contribution in [0.2, 0.25) is 0 Å². The topological polar surface area (TPSA) is 116 Å². The van der Waals surface area contributed by atoms with Gasteiger partial charge >= 0.3 is 0 Å². The second-order valence-corrected chi connectivity index (χ2v) is 42.0. The highest BCUT2D eigenvalue weighted by Crippen LogP contribution is 2.61. The summed E-state index contributed by atoms with van der Waals surface area (Å²) in [4.78, 5) is 47.6. The minimum Gasteiger partial charge on any atom is -0.208 e. The summed E-state index contributed by atoms with van der Waals surface area (Å²) in [7, 11) is 0. The molecule has 5 heterocycles. The van der Waals surface area contributed by atoms with Crippen LogP contribution in [0, 0.1) is 17.8 Å². The van der Waals surface area contributed by atoms with Crippen LogP contribution in [0.25, 0.3) is 272 Å². The smallest absolute Gasteiger partial charge is 0.164 e. The van der Waals surface area contributed by atoms with E-state index < -0.39 is 0 Å². The van der Waals surface area contributed by atoms with E-state index in [0.717, 1.165) is 116 Å². The molecular weight excluding hydrogens is 1810 g/mol. The van der Waals surface area contributed by atoms with E-state index in [1.54, 1.807) is 11.3 Å². The van der Waals surface area contributed by atoms with Gasteiger partial charge in [-0.05, 0) is 251 Å². The van der Waals surface area contributed by atoms with Crippen molar-refractivity contribution in [1.82, 2.24) is 44.9 Å². The normalized spacial score (nSPS) is 15.5. The van der Waals surface area contributed by atoms with Gasteiger partial charge in [-0.25, -0.2) is 44.9 Å². The predicted molar refractivity (Wildman–Crippen MR) is 612 cm³/mol. The van der Waals surface area contributed by atoms with Crippen LogP contribution >= 0.6 is 22.7 Å². The third-order valence-corrected chi connectivity index (χ3v) is 33.5. The number of benzene rings is 23. The Hall–Kier alpha value is -17.6. The number of fused-ring (bicyclic) bond motifs is 22. The highest BCUT2D eigenvalue weighted by Gasteiger charge is 2.51. The molecule has 0 spiro atoms. The molecule has 0 unspecified atom stereocenters. The number of rotatable bonds is 11. The van der Waals surface area contributed by atoms with Gasteiger partial charge < -0.3 is 0 Å². The van der Waals surface area contributed by atoms with Crippen molar-refractivity contribution in [3.63, 3.8) is 0 Å². The average molecular weight is 1900 g/mol. The van der Waals surface area contributed by atoms with Crippen molar-refractivity contribution in [2.75, 3.05) is 0 Å². The molecule has 686 valence electrons. The molecule has 11 heteroatoms. The van der Waals surface area contributed by atoms with Crippen LogP contribution in [0.4, 0.5) is 0 Å². The van der Waals surface area contributed by atoms with Gasteiger partial charge in [-0.1, -0.05) is 394 Å². The van der Waals surface area contributed by atoms with E-state index in [-0.39, 0.29) is 0 Å². The number of thiophene rings is 2. The molecule has 28 aromatic rings. The summed E-state index contributed by atoms with van der Waals surface area (Å²) < 4.78 is 4.96. The lowest BCUT2D eigenvalue weighted by Gasteiger charge is -2.57. The summed E-state index contributed by atoms with van der Waals surface area (Å²) in [6, 6.07) is 160. The maximum absolute atomic E-state index is 5.33. The highest BCUT2D eigenvalue weighted by molar-refractivity contribution is 7.26. The van der Waals surface area contributed by atoms with Crippen molar-refractivity contribution in [2.24, 2.45) is 17.8 Å². The van der Waals surface area contributed by atoms with Gasteiger partial charge in [0.1, 0.15) is 0 Å². The van der Waals surface area contributed by atoms with Gasteiger partial charge in [0, 0.05) is 90.4 Å². The monoisotopic (exact) mass is 1900 g/mol. The molecule has 0 atom stereocenters. The van der Waals surface area contributed by atoms with E-state index in [1.165, 1.54) is 166 Å². The molecule has 4 aliphatic rings. The Kier molecular flexibility index (Phi) is 20.4. The van der Waals surface area contributed by atoms with Crippen LogP contribution in [0.15, 0.2) is 449 Å². The first-order chi connectivity index (χ1) is 72.3.